The number of likely N-dealkylation sites (tertiary alicyclic amines) is 1. The molecule has 1 aliphatic rings. The van der Waals surface area contributed by atoms with E-state index in [9.17, 15) is 9.59 Å². The molecule has 1 aliphatic heterocycles. The zero-order valence-corrected chi connectivity index (χ0v) is 14.0. The van der Waals surface area contributed by atoms with Crippen LogP contribution in [-0.2, 0) is 4.79 Å². The summed E-state index contributed by atoms with van der Waals surface area (Å²) < 4.78 is 0. The molecule has 2 N–H and O–H groups in total. The highest BCUT2D eigenvalue weighted by Crippen LogP contribution is 2.15. The maximum atomic E-state index is 11.8. The lowest BCUT2D eigenvalue weighted by atomic mass is 10.0. The Bertz CT molecular complexity index is 476. The summed E-state index contributed by atoms with van der Waals surface area (Å²) in [5.74, 6) is -0.119. The number of nitrogens with one attached hydrogen (secondary N) is 2. The summed E-state index contributed by atoms with van der Waals surface area (Å²) in [6, 6.07) is 2.40. The van der Waals surface area contributed by atoms with Gasteiger partial charge in [0.1, 0.15) is 0 Å². The van der Waals surface area contributed by atoms with Crippen LogP contribution in [0.4, 0.5) is 0 Å². The van der Waals surface area contributed by atoms with Gasteiger partial charge in [0.25, 0.3) is 5.91 Å². The van der Waals surface area contributed by atoms with E-state index in [-0.39, 0.29) is 11.8 Å². The maximum absolute atomic E-state index is 11.8. The van der Waals surface area contributed by atoms with Gasteiger partial charge >= 0.3 is 0 Å². The highest BCUT2D eigenvalue weighted by atomic mass is 32.1. The van der Waals surface area contributed by atoms with Crippen LogP contribution in [0.25, 0.3) is 0 Å². The van der Waals surface area contributed by atoms with E-state index in [1.807, 2.05) is 5.38 Å². The van der Waals surface area contributed by atoms with Gasteiger partial charge in [0.15, 0.2) is 0 Å². The number of rotatable bonds is 7. The van der Waals surface area contributed by atoms with Crippen LogP contribution in [0.3, 0.4) is 0 Å². The molecule has 5 nitrogen and oxygen atoms in total. The summed E-state index contributed by atoms with van der Waals surface area (Å²) in [5.41, 5.74) is 0.657. The molecule has 1 aromatic rings. The molecule has 2 rings (SSSR count). The maximum Gasteiger partial charge on any atom is 0.252 e. The minimum absolute atomic E-state index is 0.00437. The zero-order chi connectivity index (χ0) is 15.8. The summed E-state index contributed by atoms with van der Waals surface area (Å²) in [6.45, 7) is 5.35. The van der Waals surface area contributed by atoms with Crippen molar-refractivity contribution in [1.29, 1.82) is 0 Å². The first-order valence-corrected chi connectivity index (χ1v) is 8.92. The highest BCUT2D eigenvalue weighted by molar-refractivity contribution is 7.08. The smallest absolute Gasteiger partial charge is 0.252 e. The monoisotopic (exact) mass is 323 g/mol. The third-order valence-electron chi connectivity index (χ3n) is 4.08. The highest BCUT2D eigenvalue weighted by Gasteiger charge is 2.17. The Hall–Kier alpha value is -1.40. The second-order valence-corrected chi connectivity index (χ2v) is 6.53. The largest absolute Gasteiger partial charge is 0.355 e. The zero-order valence-electron chi connectivity index (χ0n) is 13.1. The lowest BCUT2D eigenvalue weighted by Crippen LogP contribution is -2.42. The van der Waals surface area contributed by atoms with Crippen molar-refractivity contribution in [1.82, 2.24) is 15.5 Å². The summed E-state index contributed by atoms with van der Waals surface area (Å²) in [6.07, 6.45) is 4.15. The molecule has 1 unspecified atom stereocenters. The predicted octanol–water partition coefficient (Wildman–Crippen LogP) is 1.86. The average Bonchev–Trinajstić information content (AvgIpc) is 3.03. The Morgan fingerprint density at radius 1 is 1.32 bits per heavy atom. The van der Waals surface area contributed by atoms with E-state index >= 15 is 0 Å². The van der Waals surface area contributed by atoms with E-state index < -0.39 is 0 Å². The lowest BCUT2D eigenvalue weighted by molar-refractivity contribution is -0.121. The molecule has 0 bridgehead atoms. The van der Waals surface area contributed by atoms with Gasteiger partial charge in [-0.25, -0.2) is 0 Å². The van der Waals surface area contributed by atoms with Crippen LogP contribution in [0, 0.1) is 0 Å². The molecular formula is C16H25N3O2S. The molecule has 2 amide bonds. The topological polar surface area (TPSA) is 61.4 Å². The predicted molar refractivity (Wildman–Crippen MR) is 89.2 cm³/mol. The van der Waals surface area contributed by atoms with Gasteiger partial charge in [0.05, 0.1) is 0 Å². The molecule has 1 fully saturated rings. The number of thiophene rings is 1. The van der Waals surface area contributed by atoms with Gasteiger partial charge in [-0.2, -0.15) is 11.3 Å². The number of amides is 2. The molecule has 6 heteroatoms. The third-order valence-corrected chi connectivity index (χ3v) is 4.77. The number of nitrogens with zero attached hydrogens (tertiary/aromatic N) is 1. The van der Waals surface area contributed by atoms with Crippen LogP contribution in [0.2, 0.25) is 0 Å². The van der Waals surface area contributed by atoms with Gasteiger partial charge in [-0.1, -0.05) is 6.42 Å². The summed E-state index contributed by atoms with van der Waals surface area (Å²) in [4.78, 5) is 25.9. The van der Waals surface area contributed by atoms with Crippen molar-refractivity contribution in [3.63, 3.8) is 0 Å². The van der Waals surface area contributed by atoms with Crippen LogP contribution in [0.1, 0.15) is 43.0 Å². The quantitative estimate of drug-likeness (QED) is 0.805. The number of carbonyl (C=O) groups excluding carboxylic acids is 2. The van der Waals surface area contributed by atoms with Gasteiger partial charge in [0.2, 0.25) is 5.91 Å². The van der Waals surface area contributed by atoms with Gasteiger partial charge in [-0.3, -0.25) is 14.5 Å². The van der Waals surface area contributed by atoms with Crippen molar-refractivity contribution in [2.24, 2.45) is 0 Å². The van der Waals surface area contributed by atoms with Crippen LogP contribution >= 0.6 is 11.3 Å². The number of carbonyl (C=O) groups is 2. The van der Waals surface area contributed by atoms with Crippen LogP contribution < -0.4 is 10.6 Å². The first-order valence-electron chi connectivity index (χ1n) is 7.98. The molecular weight excluding hydrogens is 298 g/mol. The van der Waals surface area contributed by atoms with Crippen molar-refractivity contribution in [2.75, 3.05) is 26.2 Å². The number of hydrogen-bond donors (Lipinski definition) is 2. The number of hydrogen-bond acceptors (Lipinski definition) is 4. The van der Waals surface area contributed by atoms with Gasteiger partial charge in [0, 0.05) is 43.0 Å². The van der Waals surface area contributed by atoms with Crippen molar-refractivity contribution >= 4 is 23.2 Å². The fraction of sp³-hybridized carbons (Fsp3) is 0.625. The molecule has 1 aromatic heterocycles. The molecule has 0 aliphatic carbocycles. The summed E-state index contributed by atoms with van der Waals surface area (Å²) in [5, 5.41) is 9.35. The van der Waals surface area contributed by atoms with E-state index in [1.54, 1.807) is 11.4 Å². The first-order chi connectivity index (χ1) is 10.7. The Labute approximate surface area is 136 Å². The summed E-state index contributed by atoms with van der Waals surface area (Å²) in [7, 11) is 0. The summed E-state index contributed by atoms with van der Waals surface area (Å²) >= 11 is 1.49. The molecule has 0 saturated carbocycles. The van der Waals surface area contributed by atoms with Crippen LogP contribution in [0.5, 0.6) is 0 Å². The molecule has 2 heterocycles. The molecule has 122 valence electrons. The molecule has 0 aromatic carbocycles. The third kappa shape index (κ3) is 5.42. The van der Waals surface area contributed by atoms with Gasteiger partial charge < -0.3 is 10.6 Å². The normalized spacial score (nSPS) is 18.9. The Morgan fingerprint density at radius 2 is 2.18 bits per heavy atom. The molecule has 1 saturated heterocycles. The van der Waals surface area contributed by atoms with Gasteiger partial charge in [-0.05, 0) is 37.8 Å². The number of piperidine rings is 1. The molecule has 22 heavy (non-hydrogen) atoms. The van der Waals surface area contributed by atoms with E-state index in [2.05, 4.69) is 22.5 Å². The second-order valence-electron chi connectivity index (χ2n) is 5.75. The van der Waals surface area contributed by atoms with E-state index in [0.29, 0.717) is 31.1 Å². The SMILES string of the molecule is CC1CCCCN1CCNC(=O)CCNC(=O)c1ccsc1. The lowest BCUT2D eigenvalue weighted by Gasteiger charge is -2.33. The average molecular weight is 323 g/mol. The van der Waals surface area contributed by atoms with Crippen molar-refractivity contribution in [3.05, 3.63) is 22.4 Å². The Morgan fingerprint density at radius 3 is 2.91 bits per heavy atom. The molecule has 0 spiro atoms. The van der Waals surface area contributed by atoms with E-state index in [0.717, 1.165) is 13.1 Å². The van der Waals surface area contributed by atoms with Crippen molar-refractivity contribution < 1.29 is 9.59 Å². The second kappa shape index (κ2) is 8.90. The fourth-order valence-electron chi connectivity index (χ4n) is 2.70. The molecule has 1 atom stereocenters. The van der Waals surface area contributed by atoms with E-state index in [1.165, 1.54) is 30.6 Å². The Balaban J connectivity index is 1.55. The standard InChI is InChI=1S/C16H25N3O2S/c1-13-4-2-3-9-19(13)10-8-17-15(20)5-7-18-16(21)14-6-11-22-12-14/h6,11-13H,2-5,7-10H2,1H3,(H,17,20)(H,18,21). The van der Waals surface area contributed by atoms with E-state index in [4.69, 9.17) is 0 Å². The van der Waals surface area contributed by atoms with Crippen molar-refractivity contribution in [2.45, 2.75) is 38.6 Å². The minimum Gasteiger partial charge on any atom is -0.355 e. The first kappa shape index (κ1) is 17.0. The van der Waals surface area contributed by atoms with Crippen LogP contribution in [0.15, 0.2) is 16.8 Å². The Kier molecular flexibility index (Phi) is 6.86. The minimum atomic E-state index is -0.115. The fourth-order valence-corrected chi connectivity index (χ4v) is 3.34. The molecule has 0 radical (unpaired) electrons. The van der Waals surface area contributed by atoms with Gasteiger partial charge in [-0.15, -0.1) is 0 Å². The van der Waals surface area contributed by atoms with Crippen molar-refractivity contribution in [3.8, 4) is 0 Å². The van der Waals surface area contributed by atoms with Crippen LogP contribution in [-0.4, -0.2) is 48.9 Å².